The van der Waals surface area contributed by atoms with Crippen molar-refractivity contribution in [2.75, 3.05) is 0 Å². The van der Waals surface area contributed by atoms with Crippen LogP contribution < -0.4 is 0 Å². The van der Waals surface area contributed by atoms with Crippen molar-refractivity contribution in [2.45, 2.75) is 19.4 Å². The topological polar surface area (TPSA) is 46.0 Å². The summed E-state index contributed by atoms with van der Waals surface area (Å²) in [6.45, 7) is 5.39. The van der Waals surface area contributed by atoms with Crippen LogP contribution >= 0.6 is 0 Å². The summed E-state index contributed by atoms with van der Waals surface area (Å²) in [6, 6.07) is 0. The summed E-state index contributed by atoms with van der Waals surface area (Å²) < 4.78 is 0. The van der Waals surface area contributed by atoms with E-state index >= 15 is 0 Å². The van der Waals surface area contributed by atoms with Crippen LogP contribution in [0.1, 0.15) is 11.4 Å². The Kier molecular flexibility index (Phi) is 2.94. The third-order valence-electron chi connectivity index (χ3n) is 1.50. The minimum atomic E-state index is -0.548. The lowest BCUT2D eigenvalue weighted by atomic mass is 10.2. The monoisotopic (exact) mass is 164 g/mol. The molecule has 0 saturated heterocycles. The summed E-state index contributed by atoms with van der Waals surface area (Å²) in [5.41, 5.74) is 1.02. The quantitative estimate of drug-likeness (QED) is 0.674. The number of aliphatic hydroxyl groups is 1. The molecule has 0 amide bonds. The lowest BCUT2D eigenvalue weighted by molar-refractivity contribution is 0.221. The molecule has 0 unspecified atom stereocenters. The summed E-state index contributed by atoms with van der Waals surface area (Å²) >= 11 is 0. The third-order valence-corrected chi connectivity index (χ3v) is 1.50. The van der Waals surface area contributed by atoms with Gasteiger partial charge in [0.2, 0.25) is 0 Å². The first-order valence-corrected chi connectivity index (χ1v) is 3.80. The van der Waals surface area contributed by atoms with E-state index in [4.69, 9.17) is 0 Å². The summed E-state index contributed by atoms with van der Waals surface area (Å²) in [5.74, 6) is 0.646. The molecule has 1 aromatic rings. The van der Waals surface area contributed by atoms with E-state index in [1.165, 1.54) is 6.08 Å². The standard InChI is InChI=1S/C9H12N2O/c1-3-8(12)4-9-10-5-7(2)6-11-9/h3,5-6,8,12H,1,4H2,2H3/t8-/m1/s1. The van der Waals surface area contributed by atoms with Gasteiger partial charge in [0.05, 0.1) is 6.10 Å². The fourth-order valence-electron chi connectivity index (χ4n) is 0.795. The van der Waals surface area contributed by atoms with E-state index in [9.17, 15) is 5.11 Å². The number of rotatable bonds is 3. The molecule has 0 aromatic carbocycles. The van der Waals surface area contributed by atoms with Gasteiger partial charge in [-0.3, -0.25) is 0 Å². The smallest absolute Gasteiger partial charge is 0.131 e. The Bertz CT molecular complexity index is 256. The number of aromatic nitrogens is 2. The van der Waals surface area contributed by atoms with Crippen LogP contribution in [0.15, 0.2) is 25.0 Å². The van der Waals surface area contributed by atoms with Gasteiger partial charge in [-0.05, 0) is 12.5 Å². The highest BCUT2D eigenvalue weighted by atomic mass is 16.3. The Morgan fingerprint density at radius 1 is 1.58 bits per heavy atom. The van der Waals surface area contributed by atoms with Gasteiger partial charge in [0.1, 0.15) is 5.82 Å². The molecule has 0 aliphatic heterocycles. The minimum absolute atomic E-state index is 0.434. The van der Waals surface area contributed by atoms with E-state index in [-0.39, 0.29) is 0 Å². The molecule has 0 bridgehead atoms. The summed E-state index contributed by atoms with van der Waals surface area (Å²) in [6.07, 6.45) is 4.83. The fourth-order valence-corrected chi connectivity index (χ4v) is 0.795. The van der Waals surface area contributed by atoms with Gasteiger partial charge < -0.3 is 5.11 Å². The van der Waals surface area contributed by atoms with Gasteiger partial charge in [0.15, 0.2) is 0 Å². The second-order valence-corrected chi connectivity index (χ2v) is 2.68. The molecule has 1 N–H and O–H groups in total. The molecular weight excluding hydrogens is 152 g/mol. The Balaban J connectivity index is 2.64. The highest BCUT2D eigenvalue weighted by molar-refractivity contribution is 5.03. The molecule has 0 radical (unpaired) electrons. The lowest BCUT2D eigenvalue weighted by Gasteiger charge is -2.02. The first-order valence-electron chi connectivity index (χ1n) is 3.80. The molecule has 0 spiro atoms. The zero-order valence-electron chi connectivity index (χ0n) is 7.07. The van der Waals surface area contributed by atoms with Crippen molar-refractivity contribution < 1.29 is 5.11 Å². The van der Waals surface area contributed by atoms with E-state index in [0.717, 1.165) is 5.56 Å². The molecular formula is C9H12N2O. The maximum atomic E-state index is 9.18. The van der Waals surface area contributed by atoms with Gasteiger partial charge in [-0.25, -0.2) is 9.97 Å². The first kappa shape index (κ1) is 8.87. The first-order chi connectivity index (χ1) is 5.72. The van der Waals surface area contributed by atoms with Crippen LogP contribution in [-0.4, -0.2) is 21.2 Å². The number of aryl methyl sites for hydroxylation is 1. The molecule has 1 heterocycles. The molecule has 0 fully saturated rings. The van der Waals surface area contributed by atoms with Crippen LogP contribution in [-0.2, 0) is 6.42 Å². The van der Waals surface area contributed by atoms with Crippen molar-refractivity contribution in [1.29, 1.82) is 0 Å². The summed E-state index contributed by atoms with van der Waals surface area (Å²) in [7, 11) is 0. The molecule has 64 valence electrons. The average molecular weight is 164 g/mol. The van der Waals surface area contributed by atoms with Crippen molar-refractivity contribution in [3.63, 3.8) is 0 Å². The van der Waals surface area contributed by atoms with Crippen molar-refractivity contribution >= 4 is 0 Å². The predicted octanol–water partition coefficient (Wildman–Crippen LogP) is 0.874. The van der Waals surface area contributed by atoms with E-state index in [2.05, 4.69) is 16.5 Å². The van der Waals surface area contributed by atoms with Crippen LogP contribution in [0.3, 0.4) is 0 Å². The van der Waals surface area contributed by atoms with Gasteiger partial charge in [-0.1, -0.05) is 6.08 Å². The van der Waals surface area contributed by atoms with Crippen molar-refractivity contribution in [2.24, 2.45) is 0 Å². The molecule has 1 aromatic heterocycles. The Labute approximate surface area is 71.8 Å². The summed E-state index contributed by atoms with van der Waals surface area (Å²) in [4.78, 5) is 8.09. The highest BCUT2D eigenvalue weighted by Crippen LogP contribution is 1.98. The SMILES string of the molecule is C=C[C@@H](O)Cc1ncc(C)cn1. The van der Waals surface area contributed by atoms with Gasteiger partial charge >= 0.3 is 0 Å². The largest absolute Gasteiger partial charge is 0.389 e. The number of hydrogen-bond acceptors (Lipinski definition) is 3. The normalized spacial score (nSPS) is 12.5. The van der Waals surface area contributed by atoms with E-state index in [0.29, 0.717) is 12.2 Å². The van der Waals surface area contributed by atoms with Crippen LogP contribution in [0, 0.1) is 6.92 Å². The lowest BCUT2D eigenvalue weighted by Crippen LogP contribution is -2.08. The van der Waals surface area contributed by atoms with Gasteiger partial charge in [-0.15, -0.1) is 6.58 Å². The zero-order valence-corrected chi connectivity index (χ0v) is 7.07. The molecule has 1 rings (SSSR count). The minimum Gasteiger partial charge on any atom is -0.389 e. The molecule has 0 aliphatic rings. The van der Waals surface area contributed by atoms with Crippen LogP contribution in [0.25, 0.3) is 0 Å². The molecule has 1 atom stereocenters. The number of hydrogen-bond donors (Lipinski definition) is 1. The van der Waals surface area contributed by atoms with Crippen LogP contribution in [0.5, 0.6) is 0 Å². The van der Waals surface area contributed by atoms with E-state index < -0.39 is 6.10 Å². The maximum Gasteiger partial charge on any atom is 0.131 e. The Morgan fingerprint density at radius 2 is 2.17 bits per heavy atom. The second-order valence-electron chi connectivity index (χ2n) is 2.68. The van der Waals surface area contributed by atoms with Crippen LogP contribution in [0.2, 0.25) is 0 Å². The van der Waals surface area contributed by atoms with Crippen molar-refractivity contribution in [3.05, 3.63) is 36.4 Å². The van der Waals surface area contributed by atoms with Crippen LogP contribution in [0.4, 0.5) is 0 Å². The Morgan fingerprint density at radius 3 is 2.67 bits per heavy atom. The summed E-state index contributed by atoms with van der Waals surface area (Å²) in [5, 5.41) is 9.18. The fraction of sp³-hybridized carbons (Fsp3) is 0.333. The third kappa shape index (κ3) is 2.43. The van der Waals surface area contributed by atoms with Gasteiger partial charge in [-0.2, -0.15) is 0 Å². The number of nitrogens with zero attached hydrogens (tertiary/aromatic N) is 2. The van der Waals surface area contributed by atoms with E-state index in [1.54, 1.807) is 12.4 Å². The van der Waals surface area contributed by atoms with Gasteiger partial charge in [0, 0.05) is 18.8 Å². The van der Waals surface area contributed by atoms with E-state index in [1.807, 2.05) is 6.92 Å². The second kappa shape index (κ2) is 3.97. The van der Waals surface area contributed by atoms with Crippen molar-refractivity contribution in [3.8, 4) is 0 Å². The zero-order chi connectivity index (χ0) is 8.97. The molecule has 3 heteroatoms. The maximum absolute atomic E-state index is 9.18. The Hall–Kier alpha value is -1.22. The predicted molar refractivity (Wildman–Crippen MR) is 46.7 cm³/mol. The molecule has 0 aliphatic carbocycles. The molecule has 12 heavy (non-hydrogen) atoms. The highest BCUT2D eigenvalue weighted by Gasteiger charge is 2.01. The average Bonchev–Trinajstić information content (AvgIpc) is 2.09. The van der Waals surface area contributed by atoms with Gasteiger partial charge in [0.25, 0.3) is 0 Å². The number of aliphatic hydroxyl groups excluding tert-OH is 1. The molecule has 3 nitrogen and oxygen atoms in total. The molecule has 0 saturated carbocycles. The van der Waals surface area contributed by atoms with Crippen molar-refractivity contribution in [1.82, 2.24) is 9.97 Å².